The van der Waals surface area contributed by atoms with E-state index in [2.05, 4.69) is 39.8 Å². The molecule has 0 aromatic heterocycles. The molecule has 1 aromatic carbocycles. The maximum Gasteiger partial charge on any atom is 0.170 e. The Morgan fingerprint density at radius 1 is 1.60 bits per heavy atom. The molecule has 0 bridgehead atoms. The van der Waals surface area contributed by atoms with Gasteiger partial charge in [-0.25, -0.2) is 0 Å². The number of benzene rings is 1. The Kier molecular flexibility index (Phi) is 4.88. The van der Waals surface area contributed by atoms with Crippen molar-refractivity contribution in [3.8, 4) is 0 Å². The minimum absolute atomic E-state index is 0.111. The summed E-state index contributed by atoms with van der Waals surface area (Å²) in [7, 11) is 0. The van der Waals surface area contributed by atoms with Gasteiger partial charge in [0.2, 0.25) is 0 Å². The molecule has 1 saturated heterocycles. The van der Waals surface area contributed by atoms with E-state index in [4.69, 9.17) is 15.7 Å². The maximum atomic E-state index is 8.73. The van der Waals surface area contributed by atoms with Crippen molar-refractivity contribution in [2.24, 2.45) is 10.9 Å². The zero-order valence-corrected chi connectivity index (χ0v) is 13.3. The highest BCUT2D eigenvalue weighted by Gasteiger charge is 2.27. The van der Waals surface area contributed by atoms with Crippen LogP contribution in [0.25, 0.3) is 0 Å². The molecular formula is C14H20BrN3O2. The van der Waals surface area contributed by atoms with Gasteiger partial charge in [0.05, 0.1) is 24.4 Å². The van der Waals surface area contributed by atoms with E-state index >= 15 is 0 Å². The summed E-state index contributed by atoms with van der Waals surface area (Å²) >= 11 is 3.58. The Morgan fingerprint density at radius 3 is 2.95 bits per heavy atom. The lowest BCUT2D eigenvalue weighted by molar-refractivity contribution is 0.0299. The quantitative estimate of drug-likeness (QED) is 0.383. The van der Waals surface area contributed by atoms with Gasteiger partial charge in [0.15, 0.2) is 5.84 Å². The Hall–Kier alpha value is -1.27. The Labute approximate surface area is 127 Å². The predicted molar refractivity (Wildman–Crippen MR) is 83.5 cm³/mol. The van der Waals surface area contributed by atoms with Crippen LogP contribution < -0.4 is 10.6 Å². The van der Waals surface area contributed by atoms with Gasteiger partial charge in [0, 0.05) is 16.6 Å². The number of nitrogens with two attached hydrogens (primary N) is 1. The third kappa shape index (κ3) is 3.07. The summed E-state index contributed by atoms with van der Waals surface area (Å²) in [5, 5.41) is 11.8. The average molecular weight is 342 g/mol. The van der Waals surface area contributed by atoms with Gasteiger partial charge >= 0.3 is 0 Å². The lowest BCUT2D eigenvalue weighted by atomic mass is 10.1. The van der Waals surface area contributed by atoms with E-state index in [9.17, 15) is 0 Å². The number of ether oxygens (including phenoxy) is 1. The second-order valence-electron chi connectivity index (χ2n) is 5.01. The first-order valence-corrected chi connectivity index (χ1v) is 7.51. The molecule has 2 atom stereocenters. The molecular weight excluding hydrogens is 322 g/mol. The number of nitrogens with zero attached hydrogens (tertiary/aromatic N) is 2. The zero-order valence-electron chi connectivity index (χ0n) is 11.7. The standard InChI is InChI=1S/C14H20BrN3O2/c1-3-11-8-20-9(2)7-18(11)13-5-4-10(6-12(13)15)14(16)17-19/h4-6,9,11,19H,3,7-8H2,1-2H3,(H2,16,17). The third-order valence-electron chi connectivity index (χ3n) is 3.60. The van der Waals surface area contributed by atoms with Gasteiger partial charge in [-0.2, -0.15) is 0 Å². The molecule has 2 unspecified atom stereocenters. The first kappa shape index (κ1) is 15.1. The number of anilines is 1. The van der Waals surface area contributed by atoms with Crippen molar-refractivity contribution in [1.29, 1.82) is 0 Å². The molecule has 0 spiro atoms. The summed E-state index contributed by atoms with van der Waals surface area (Å²) in [6, 6.07) is 6.11. The fraction of sp³-hybridized carbons (Fsp3) is 0.500. The lowest BCUT2D eigenvalue weighted by Gasteiger charge is -2.40. The molecule has 2 rings (SSSR count). The molecule has 3 N–H and O–H groups in total. The number of oxime groups is 1. The van der Waals surface area contributed by atoms with E-state index in [1.807, 2.05) is 18.2 Å². The Bertz CT molecular complexity index is 507. The molecule has 5 nitrogen and oxygen atoms in total. The normalized spacial score (nSPS) is 23.9. The number of amidine groups is 1. The highest BCUT2D eigenvalue weighted by molar-refractivity contribution is 9.10. The number of hydrogen-bond donors (Lipinski definition) is 2. The molecule has 0 radical (unpaired) electrons. The van der Waals surface area contributed by atoms with E-state index in [1.54, 1.807) is 0 Å². The molecule has 1 fully saturated rings. The summed E-state index contributed by atoms with van der Waals surface area (Å²) in [6.07, 6.45) is 1.25. The van der Waals surface area contributed by atoms with Crippen LogP contribution in [0.3, 0.4) is 0 Å². The summed E-state index contributed by atoms with van der Waals surface area (Å²) in [5.74, 6) is 0.111. The van der Waals surface area contributed by atoms with Crippen LogP contribution in [0.15, 0.2) is 27.8 Å². The summed E-state index contributed by atoms with van der Waals surface area (Å²) in [5.41, 5.74) is 7.42. The summed E-state index contributed by atoms with van der Waals surface area (Å²) in [6.45, 7) is 5.85. The van der Waals surface area contributed by atoms with Gasteiger partial charge < -0.3 is 20.6 Å². The predicted octanol–water partition coefficient (Wildman–Crippen LogP) is 2.55. The van der Waals surface area contributed by atoms with Crippen LogP contribution in [0.5, 0.6) is 0 Å². The van der Waals surface area contributed by atoms with Crippen LogP contribution in [-0.4, -0.2) is 36.3 Å². The molecule has 0 aliphatic carbocycles. The fourth-order valence-corrected chi connectivity index (χ4v) is 3.04. The van der Waals surface area contributed by atoms with E-state index in [-0.39, 0.29) is 11.9 Å². The van der Waals surface area contributed by atoms with Crippen LogP contribution in [0.1, 0.15) is 25.8 Å². The van der Waals surface area contributed by atoms with E-state index in [0.29, 0.717) is 11.6 Å². The number of rotatable bonds is 3. The minimum Gasteiger partial charge on any atom is -0.409 e. The van der Waals surface area contributed by atoms with Gasteiger partial charge in [-0.05, 0) is 47.5 Å². The second kappa shape index (κ2) is 6.45. The highest BCUT2D eigenvalue weighted by Crippen LogP contribution is 2.31. The zero-order chi connectivity index (χ0) is 14.7. The topological polar surface area (TPSA) is 71.1 Å². The molecule has 6 heteroatoms. The van der Waals surface area contributed by atoms with Crippen LogP contribution in [0.2, 0.25) is 0 Å². The smallest absolute Gasteiger partial charge is 0.170 e. The molecule has 0 amide bonds. The van der Waals surface area contributed by atoms with E-state index < -0.39 is 0 Å². The second-order valence-corrected chi connectivity index (χ2v) is 5.86. The van der Waals surface area contributed by atoms with Crippen molar-refractivity contribution in [1.82, 2.24) is 0 Å². The molecule has 1 aromatic rings. The SMILES string of the molecule is CCC1COC(C)CN1c1ccc(/C(N)=N/O)cc1Br. The maximum absolute atomic E-state index is 8.73. The molecule has 20 heavy (non-hydrogen) atoms. The third-order valence-corrected chi connectivity index (χ3v) is 4.23. The molecule has 1 aliphatic rings. The Balaban J connectivity index is 2.31. The van der Waals surface area contributed by atoms with E-state index in [1.165, 1.54) is 0 Å². The van der Waals surface area contributed by atoms with Crippen LogP contribution in [-0.2, 0) is 4.74 Å². The van der Waals surface area contributed by atoms with Crippen molar-refractivity contribution < 1.29 is 9.94 Å². The number of halogens is 1. The van der Waals surface area contributed by atoms with Gasteiger partial charge in [-0.3, -0.25) is 0 Å². The van der Waals surface area contributed by atoms with Crippen molar-refractivity contribution in [2.45, 2.75) is 32.4 Å². The lowest BCUT2D eigenvalue weighted by Crippen LogP contribution is -2.48. The molecule has 0 saturated carbocycles. The van der Waals surface area contributed by atoms with Crippen molar-refractivity contribution in [2.75, 3.05) is 18.1 Å². The highest BCUT2D eigenvalue weighted by atomic mass is 79.9. The first-order chi connectivity index (χ1) is 9.56. The van der Waals surface area contributed by atoms with Crippen LogP contribution >= 0.6 is 15.9 Å². The number of morpholine rings is 1. The van der Waals surface area contributed by atoms with Crippen LogP contribution in [0.4, 0.5) is 5.69 Å². The largest absolute Gasteiger partial charge is 0.409 e. The number of hydrogen-bond acceptors (Lipinski definition) is 4. The van der Waals surface area contributed by atoms with E-state index in [0.717, 1.165) is 29.7 Å². The van der Waals surface area contributed by atoms with Gasteiger partial charge in [0.1, 0.15) is 0 Å². The average Bonchev–Trinajstić information content (AvgIpc) is 2.46. The van der Waals surface area contributed by atoms with Crippen molar-refractivity contribution in [3.63, 3.8) is 0 Å². The van der Waals surface area contributed by atoms with Crippen LogP contribution in [0, 0.1) is 0 Å². The minimum atomic E-state index is 0.111. The van der Waals surface area contributed by atoms with Gasteiger partial charge in [0.25, 0.3) is 0 Å². The van der Waals surface area contributed by atoms with Gasteiger partial charge in [-0.15, -0.1) is 0 Å². The molecule has 110 valence electrons. The van der Waals surface area contributed by atoms with Crippen molar-refractivity contribution in [3.05, 3.63) is 28.2 Å². The molecule has 1 aliphatic heterocycles. The summed E-state index contributed by atoms with van der Waals surface area (Å²) < 4.78 is 6.66. The van der Waals surface area contributed by atoms with Gasteiger partial charge in [-0.1, -0.05) is 12.1 Å². The Morgan fingerprint density at radius 2 is 2.35 bits per heavy atom. The summed E-state index contributed by atoms with van der Waals surface area (Å²) in [4.78, 5) is 2.36. The molecule has 1 heterocycles. The van der Waals surface area contributed by atoms with Crippen molar-refractivity contribution >= 4 is 27.5 Å². The monoisotopic (exact) mass is 341 g/mol. The fourth-order valence-electron chi connectivity index (χ4n) is 2.43. The first-order valence-electron chi connectivity index (χ1n) is 6.72.